The molecule has 0 aliphatic heterocycles. The lowest BCUT2D eigenvalue weighted by Gasteiger charge is -2.37. The molecule has 0 fully saturated rings. The van der Waals surface area contributed by atoms with Gasteiger partial charge in [0.2, 0.25) is 0 Å². The van der Waals surface area contributed by atoms with Crippen LogP contribution in [0.4, 0.5) is 13.2 Å². The van der Waals surface area contributed by atoms with Crippen LogP contribution in [0.25, 0.3) is 0 Å². The van der Waals surface area contributed by atoms with Crippen LogP contribution in [0.2, 0.25) is 0 Å². The summed E-state index contributed by atoms with van der Waals surface area (Å²) in [5.41, 5.74) is 1.73. The quantitative estimate of drug-likeness (QED) is 0.236. The first-order chi connectivity index (χ1) is 18.4. The number of carbonyl (C=O) groups is 1. The maximum atomic E-state index is 13.2. The zero-order valence-corrected chi connectivity index (χ0v) is 26.5. The number of rotatable bonds is 11. The Morgan fingerprint density at radius 2 is 1.29 bits per heavy atom. The molecule has 41 heavy (non-hydrogen) atoms. The summed E-state index contributed by atoms with van der Waals surface area (Å²) in [6.07, 6.45) is -2.33. The highest BCUT2D eigenvalue weighted by Crippen LogP contribution is 2.39. The van der Waals surface area contributed by atoms with Crippen molar-refractivity contribution in [1.82, 2.24) is 10.2 Å². The van der Waals surface area contributed by atoms with Gasteiger partial charge in [0.25, 0.3) is 0 Å². The Morgan fingerprint density at radius 1 is 0.805 bits per heavy atom. The topological polar surface area (TPSA) is 32.3 Å². The van der Waals surface area contributed by atoms with E-state index in [2.05, 4.69) is 55.5 Å². The van der Waals surface area contributed by atoms with Crippen molar-refractivity contribution in [2.75, 3.05) is 20.6 Å². The Labute approximate surface area is 256 Å². The van der Waals surface area contributed by atoms with Crippen LogP contribution >= 0.6 is 24.8 Å². The van der Waals surface area contributed by atoms with E-state index >= 15 is 0 Å². The van der Waals surface area contributed by atoms with Crippen LogP contribution < -0.4 is 5.32 Å². The summed E-state index contributed by atoms with van der Waals surface area (Å²) >= 11 is 0. The molecule has 2 unspecified atom stereocenters. The van der Waals surface area contributed by atoms with Crippen molar-refractivity contribution >= 4 is 30.6 Å². The Bertz CT molecular complexity index is 1100. The number of Topliss-reactive ketones (excluding diaryl/α,β-unsaturated/α-hetero) is 1. The van der Waals surface area contributed by atoms with Gasteiger partial charge in [-0.15, -0.1) is 24.8 Å². The summed E-state index contributed by atoms with van der Waals surface area (Å²) in [6, 6.07) is 26.4. The normalized spacial score (nSPS) is 12.7. The second kappa shape index (κ2) is 18.2. The maximum absolute atomic E-state index is 13.2. The highest BCUT2D eigenvalue weighted by molar-refractivity contribution is 5.93. The molecule has 228 valence electrons. The molecular formula is C33H45Cl2F3N2O. The first-order valence-corrected chi connectivity index (χ1v) is 13.7. The summed E-state index contributed by atoms with van der Waals surface area (Å²) in [7, 11) is 4.14. The molecule has 0 aliphatic carbocycles. The molecule has 0 bridgehead atoms. The molecule has 2 atom stereocenters. The van der Waals surface area contributed by atoms with Gasteiger partial charge in [0.05, 0.1) is 11.0 Å². The Morgan fingerprint density at radius 3 is 1.71 bits per heavy atom. The molecule has 0 radical (unpaired) electrons. The predicted molar refractivity (Wildman–Crippen MR) is 170 cm³/mol. The molecular weight excluding hydrogens is 568 g/mol. The molecule has 0 saturated heterocycles. The third-order valence-corrected chi connectivity index (χ3v) is 7.16. The SMILES string of the molecule is CCC(=O)C(CC(C)N(C)C)(c1ccccc1)c1ccccc1.CCNC(C)Cc1cccc(C(F)(F)F)c1.Cl.Cl. The average Bonchev–Trinajstić information content (AvgIpc) is 2.92. The fourth-order valence-corrected chi connectivity index (χ4v) is 4.86. The molecule has 3 nitrogen and oxygen atoms in total. The molecule has 3 aromatic carbocycles. The van der Waals surface area contributed by atoms with Gasteiger partial charge in [-0.05, 0) is 70.1 Å². The number of ketones is 1. The van der Waals surface area contributed by atoms with Crippen LogP contribution in [-0.2, 0) is 22.8 Å². The summed E-state index contributed by atoms with van der Waals surface area (Å²) < 4.78 is 37.3. The predicted octanol–water partition coefficient (Wildman–Crippen LogP) is 8.38. The van der Waals surface area contributed by atoms with Crippen molar-refractivity contribution in [3.8, 4) is 0 Å². The molecule has 0 heterocycles. The van der Waals surface area contributed by atoms with Gasteiger partial charge in [-0.25, -0.2) is 0 Å². The molecule has 1 N–H and O–H groups in total. The number of likely N-dealkylation sites (N-methyl/N-ethyl adjacent to an activating group) is 1. The molecule has 3 aromatic rings. The van der Waals surface area contributed by atoms with Crippen LogP contribution in [0.15, 0.2) is 84.9 Å². The van der Waals surface area contributed by atoms with Crippen LogP contribution in [0, 0.1) is 0 Å². The monoisotopic (exact) mass is 612 g/mol. The fraction of sp³-hybridized carbons (Fsp3) is 0.424. The van der Waals surface area contributed by atoms with Gasteiger partial charge >= 0.3 is 6.18 Å². The van der Waals surface area contributed by atoms with Crippen LogP contribution in [-0.4, -0.2) is 43.4 Å². The maximum Gasteiger partial charge on any atom is 0.416 e. The lowest BCUT2D eigenvalue weighted by molar-refractivity contribution is -0.137. The van der Waals surface area contributed by atoms with Gasteiger partial charge in [0, 0.05) is 18.5 Å². The largest absolute Gasteiger partial charge is 0.416 e. The number of hydrogen-bond donors (Lipinski definition) is 1. The highest BCUT2D eigenvalue weighted by Gasteiger charge is 2.41. The van der Waals surface area contributed by atoms with E-state index < -0.39 is 17.2 Å². The number of alkyl halides is 3. The number of carbonyl (C=O) groups excluding carboxylic acids is 1. The minimum Gasteiger partial charge on any atom is -0.314 e. The van der Waals surface area contributed by atoms with Gasteiger partial charge in [-0.3, -0.25) is 4.79 Å². The third kappa shape index (κ3) is 11.1. The van der Waals surface area contributed by atoms with Crippen molar-refractivity contribution in [2.24, 2.45) is 0 Å². The summed E-state index contributed by atoms with van der Waals surface area (Å²) in [5, 5.41) is 3.17. The molecule has 8 heteroatoms. The average molecular weight is 614 g/mol. The summed E-state index contributed by atoms with van der Waals surface area (Å²) in [6.45, 7) is 8.90. The number of nitrogens with zero attached hydrogens (tertiary/aromatic N) is 1. The Hall–Kier alpha value is -2.38. The smallest absolute Gasteiger partial charge is 0.314 e. The molecule has 0 spiro atoms. The van der Waals surface area contributed by atoms with E-state index in [1.807, 2.05) is 57.2 Å². The molecule has 0 saturated carbocycles. The van der Waals surface area contributed by atoms with Gasteiger partial charge < -0.3 is 10.2 Å². The van der Waals surface area contributed by atoms with Crippen molar-refractivity contribution in [3.63, 3.8) is 0 Å². The molecule has 0 amide bonds. The fourth-order valence-electron chi connectivity index (χ4n) is 4.86. The van der Waals surface area contributed by atoms with E-state index in [1.54, 1.807) is 6.07 Å². The van der Waals surface area contributed by atoms with Crippen molar-refractivity contribution in [3.05, 3.63) is 107 Å². The minimum atomic E-state index is -4.25. The van der Waals surface area contributed by atoms with E-state index in [4.69, 9.17) is 0 Å². The lowest BCUT2D eigenvalue weighted by atomic mass is 9.67. The third-order valence-electron chi connectivity index (χ3n) is 7.16. The second-order valence-corrected chi connectivity index (χ2v) is 10.3. The van der Waals surface area contributed by atoms with Crippen LogP contribution in [0.3, 0.4) is 0 Å². The lowest BCUT2D eigenvalue weighted by Crippen LogP contribution is -2.42. The van der Waals surface area contributed by atoms with Crippen molar-refractivity contribution in [1.29, 1.82) is 0 Å². The number of benzene rings is 3. The number of nitrogens with one attached hydrogen (secondary N) is 1. The molecule has 3 rings (SSSR count). The van der Waals surface area contributed by atoms with Crippen molar-refractivity contribution < 1.29 is 18.0 Å². The van der Waals surface area contributed by atoms with Crippen LogP contribution in [0.1, 0.15) is 62.8 Å². The van der Waals surface area contributed by atoms with E-state index in [9.17, 15) is 18.0 Å². The standard InChI is InChI=1S/C21H27NO.C12H16F3N.2ClH/c1-5-20(23)21(16-17(2)22(3)4,18-12-8-6-9-13-18)19-14-10-7-11-15-19;1-3-16-9(2)7-10-5-4-6-11(8-10)12(13,14)15;;/h6-15,17H,5,16H2,1-4H3;4-6,8-9,16H,3,7H2,1-2H3;2*1H. The van der Waals surface area contributed by atoms with E-state index in [0.29, 0.717) is 24.4 Å². The minimum absolute atomic E-state index is 0. The zero-order chi connectivity index (χ0) is 29.1. The first-order valence-electron chi connectivity index (χ1n) is 13.7. The number of hydrogen-bond acceptors (Lipinski definition) is 3. The molecule has 0 aliphatic rings. The second-order valence-electron chi connectivity index (χ2n) is 10.3. The first kappa shape index (κ1) is 38.6. The van der Waals surface area contributed by atoms with Crippen molar-refractivity contribution in [2.45, 2.75) is 70.6 Å². The van der Waals surface area contributed by atoms with Gasteiger partial charge in [-0.2, -0.15) is 13.2 Å². The van der Waals surface area contributed by atoms with E-state index in [1.165, 1.54) is 12.1 Å². The van der Waals surface area contributed by atoms with Crippen LogP contribution in [0.5, 0.6) is 0 Å². The van der Waals surface area contributed by atoms with E-state index in [0.717, 1.165) is 30.2 Å². The van der Waals surface area contributed by atoms with E-state index in [-0.39, 0.29) is 36.6 Å². The van der Waals surface area contributed by atoms with Gasteiger partial charge in [0.15, 0.2) is 0 Å². The Kier molecular flexibility index (Phi) is 17.2. The summed E-state index contributed by atoms with van der Waals surface area (Å²) in [5.74, 6) is 0.281. The molecule has 0 aromatic heterocycles. The summed E-state index contributed by atoms with van der Waals surface area (Å²) in [4.78, 5) is 15.4. The highest BCUT2D eigenvalue weighted by atomic mass is 35.5. The van der Waals surface area contributed by atoms with Gasteiger partial charge in [0.1, 0.15) is 5.78 Å². The Balaban J connectivity index is 0.000000789. The zero-order valence-electron chi connectivity index (χ0n) is 24.9. The van der Waals surface area contributed by atoms with Gasteiger partial charge in [-0.1, -0.05) is 92.7 Å². The number of halogens is 5.